The van der Waals surface area contributed by atoms with Crippen LogP contribution in [0.2, 0.25) is 0 Å². The Bertz CT molecular complexity index is 373. The molecule has 0 saturated heterocycles. The van der Waals surface area contributed by atoms with Crippen molar-refractivity contribution < 1.29 is 0 Å². The molecule has 0 aliphatic heterocycles. The van der Waals surface area contributed by atoms with Gasteiger partial charge in [0.1, 0.15) is 0 Å². The second kappa shape index (κ2) is 4.64. The number of hydrogen-bond acceptors (Lipinski definition) is 2. The molecule has 0 spiro atoms. The van der Waals surface area contributed by atoms with Gasteiger partial charge in [0.25, 0.3) is 5.56 Å². The SMILES string of the molecule is CCCC(C)n1cc(N)cc(Br)c1=O. The van der Waals surface area contributed by atoms with Crippen molar-refractivity contribution in [2.24, 2.45) is 0 Å². The van der Waals surface area contributed by atoms with Crippen LogP contribution in [0.3, 0.4) is 0 Å². The molecule has 1 atom stereocenters. The normalized spacial score (nSPS) is 12.8. The summed E-state index contributed by atoms with van der Waals surface area (Å²) in [5.74, 6) is 0. The highest BCUT2D eigenvalue weighted by molar-refractivity contribution is 9.10. The standard InChI is InChI=1S/C10H15BrN2O/c1-3-4-7(2)13-6-8(12)5-9(11)10(13)14/h5-7H,3-4,12H2,1-2H3. The highest BCUT2D eigenvalue weighted by Crippen LogP contribution is 2.15. The molecule has 1 heterocycles. The van der Waals surface area contributed by atoms with Crippen molar-refractivity contribution in [2.75, 3.05) is 5.73 Å². The van der Waals surface area contributed by atoms with Gasteiger partial charge in [-0.15, -0.1) is 0 Å². The number of rotatable bonds is 3. The topological polar surface area (TPSA) is 48.0 Å². The van der Waals surface area contributed by atoms with Gasteiger partial charge in [-0.1, -0.05) is 13.3 Å². The van der Waals surface area contributed by atoms with E-state index in [1.807, 2.05) is 6.92 Å². The average Bonchev–Trinajstić information content (AvgIpc) is 2.11. The summed E-state index contributed by atoms with van der Waals surface area (Å²) in [5, 5.41) is 0. The first-order chi connectivity index (χ1) is 6.56. The fourth-order valence-corrected chi connectivity index (χ4v) is 1.94. The molecule has 2 N–H and O–H groups in total. The van der Waals surface area contributed by atoms with E-state index in [1.165, 1.54) is 0 Å². The fraction of sp³-hybridized carbons (Fsp3) is 0.500. The number of aromatic nitrogens is 1. The number of nitrogens with two attached hydrogens (primary N) is 1. The molecule has 0 amide bonds. The van der Waals surface area contributed by atoms with E-state index in [0.717, 1.165) is 12.8 Å². The van der Waals surface area contributed by atoms with E-state index in [0.29, 0.717) is 10.2 Å². The predicted octanol–water partition coefficient (Wildman–Crippen LogP) is 2.55. The van der Waals surface area contributed by atoms with Crippen molar-refractivity contribution in [3.8, 4) is 0 Å². The molecule has 4 heteroatoms. The zero-order chi connectivity index (χ0) is 10.7. The van der Waals surface area contributed by atoms with Gasteiger partial charge in [-0.3, -0.25) is 4.79 Å². The smallest absolute Gasteiger partial charge is 0.265 e. The minimum atomic E-state index is -0.0137. The first kappa shape index (κ1) is 11.3. The van der Waals surface area contributed by atoms with E-state index < -0.39 is 0 Å². The highest BCUT2D eigenvalue weighted by Gasteiger charge is 2.08. The number of nitrogens with zero attached hydrogens (tertiary/aromatic N) is 1. The first-order valence-electron chi connectivity index (χ1n) is 4.73. The lowest BCUT2D eigenvalue weighted by Crippen LogP contribution is -2.23. The van der Waals surface area contributed by atoms with Crippen molar-refractivity contribution in [2.45, 2.75) is 32.7 Å². The molecule has 1 unspecified atom stereocenters. The number of anilines is 1. The summed E-state index contributed by atoms with van der Waals surface area (Å²) in [7, 11) is 0. The molecule has 0 aromatic carbocycles. The van der Waals surface area contributed by atoms with Crippen molar-refractivity contribution in [3.63, 3.8) is 0 Å². The molecule has 0 saturated carbocycles. The van der Waals surface area contributed by atoms with E-state index in [4.69, 9.17) is 5.73 Å². The Morgan fingerprint density at radius 2 is 2.29 bits per heavy atom. The summed E-state index contributed by atoms with van der Waals surface area (Å²) >= 11 is 3.20. The third-order valence-electron chi connectivity index (χ3n) is 2.20. The monoisotopic (exact) mass is 258 g/mol. The van der Waals surface area contributed by atoms with Crippen LogP contribution in [0.4, 0.5) is 5.69 Å². The first-order valence-corrected chi connectivity index (χ1v) is 5.52. The van der Waals surface area contributed by atoms with Gasteiger partial charge < -0.3 is 10.3 Å². The summed E-state index contributed by atoms with van der Waals surface area (Å²) in [6.07, 6.45) is 3.74. The van der Waals surface area contributed by atoms with Crippen molar-refractivity contribution in [1.29, 1.82) is 0 Å². The molecule has 1 aromatic heterocycles. The summed E-state index contributed by atoms with van der Waals surface area (Å²) in [5.41, 5.74) is 6.27. The maximum atomic E-state index is 11.7. The summed E-state index contributed by atoms with van der Waals surface area (Å²) in [4.78, 5) is 11.7. The average molecular weight is 259 g/mol. The van der Waals surface area contributed by atoms with Gasteiger partial charge in [0.15, 0.2) is 0 Å². The molecule has 3 nitrogen and oxygen atoms in total. The molecule has 1 rings (SSSR count). The minimum absolute atomic E-state index is 0.0137. The molecule has 14 heavy (non-hydrogen) atoms. The van der Waals surface area contributed by atoms with Gasteiger partial charge in [-0.2, -0.15) is 0 Å². The van der Waals surface area contributed by atoms with Crippen LogP contribution in [0.15, 0.2) is 21.5 Å². The quantitative estimate of drug-likeness (QED) is 0.906. The van der Waals surface area contributed by atoms with E-state index in [-0.39, 0.29) is 11.6 Å². The van der Waals surface area contributed by atoms with Crippen molar-refractivity contribution in [3.05, 3.63) is 27.1 Å². The molecule has 0 aliphatic carbocycles. The summed E-state index contributed by atoms with van der Waals surface area (Å²) < 4.78 is 2.21. The third-order valence-corrected chi connectivity index (χ3v) is 2.77. The van der Waals surface area contributed by atoms with Crippen LogP contribution in [0.25, 0.3) is 0 Å². The Hall–Kier alpha value is -0.770. The lowest BCUT2D eigenvalue weighted by Gasteiger charge is -2.15. The Labute approximate surface area is 92.1 Å². The Kier molecular flexibility index (Phi) is 3.75. The molecule has 0 aliphatic rings. The van der Waals surface area contributed by atoms with Crippen LogP contribution in [0, 0.1) is 0 Å². The third kappa shape index (κ3) is 2.38. The van der Waals surface area contributed by atoms with E-state index in [2.05, 4.69) is 22.9 Å². The van der Waals surface area contributed by atoms with Gasteiger partial charge in [0.2, 0.25) is 0 Å². The number of nitrogen functional groups attached to an aromatic ring is 1. The highest BCUT2D eigenvalue weighted by atomic mass is 79.9. The van der Waals surface area contributed by atoms with E-state index in [1.54, 1.807) is 16.8 Å². The van der Waals surface area contributed by atoms with Gasteiger partial charge in [0.05, 0.1) is 4.47 Å². The number of hydrogen-bond donors (Lipinski definition) is 1. The number of halogens is 1. The van der Waals surface area contributed by atoms with Crippen LogP contribution in [-0.4, -0.2) is 4.57 Å². The van der Waals surface area contributed by atoms with Crippen LogP contribution < -0.4 is 11.3 Å². The zero-order valence-electron chi connectivity index (χ0n) is 8.46. The van der Waals surface area contributed by atoms with Gasteiger partial charge in [-0.25, -0.2) is 0 Å². The number of pyridine rings is 1. The van der Waals surface area contributed by atoms with Gasteiger partial charge in [0, 0.05) is 17.9 Å². The lowest BCUT2D eigenvalue weighted by molar-refractivity contribution is 0.486. The van der Waals surface area contributed by atoms with E-state index >= 15 is 0 Å². The second-order valence-electron chi connectivity index (χ2n) is 3.47. The van der Waals surface area contributed by atoms with Crippen LogP contribution in [-0.2, 0) is 0 Å². The molecular weight excluding hydrogens is 244 g/mol. The lowest BCUT2D eigenvalue weighted by atomic mass is 10.2. The fourth-order valence-electron chi connectivity index (χ4n) is 1.47. The van der Waals surface area contributed by atoms with Crippen LogP contribution in [0.5, 0.6) is 0 Å². The molecular formula is C10H15BrN2O. The van der Waals surface area contributed by atoms with Gasteiger partial charge >= 0.3 is 0 Å². The largest absolute Gasteiger partial charge is 0.398 e. The molecule has 0 radical (unpaired) electrons. The van der Waals surface area contributed by atoms with Crippen molar-refractivity contribution >= 4 is 21.6 Å². The molecule has 78 valence electrons. The second-order valence-corrected chi connectivity index (χ2v) is 4.33. The minimum Gasteiger partial charge on any atom is -0.398 e. The summed E-state index contributed by atoms with van der Waals surface area (Å²) in [6.45, 7) is 4.12. The predicted molar refractivity (Wildman–Crippen MR) is 62.4 cm³/mol. The zero-order valence-corrected chi connectivity index (χ0v) is 10.0. The Balaban J connectivity index is 3.13. The maximum absolute atomic E-state index is 11.7. The molecule has 0 fully saturated rings. The summed E-state index contributed by atoms with van der Waals surface area (Å²) in [6, 6.07) is 1.84. The van der Waals surface area contributed by atoms with Crippen LogP contribution in [0.1, 0.15) is 32.7 Å². The molecule has 0 bridgehead atoms. The van der Waals surface area contributed by atoms with E-state index in [9.17, 15) is 4.79 Å². The molecule has 1 aromatic rings. The van der Waals surface area contributed by atoms with Crippen LogP contribution >= 0.6 is 15.9 Å². The maximum Gasteiger partial charge on any atom is 0.265 e. The van der Waals surface area contributed by atoms with Gasteiger partial charge in [-0.05, 0) is 35.3 Å². The van der Waals surface area contributed by atoms with Crippen molar-refractivity contribution in [1.82, 2.24) is 4.57 Å². The Morgan fingerprint density at radius 1 is 1.64 bits per heavy atom. The Morgan fingerprint density at radius 3 is 2.86 bits per heavy atom.